The van der Waals surface area contributed by atoms with Crippen LogP contribution in [0.5, 0.6) is 5.75 Å². The summed E-state index contributed by atoms with van der Waals surface area (Å²) in [6.45, 7) is 3.93. The summed E-state index contributed by atoms with van der Waals surface area (Å²) in [5, 5.41) is 0. The molecule has 0 aliphatic carbocycles. The average molecular weight is 295 g/mol. The first kappa shape index (κ1) is 14.3. The summed E-state index contributed by atoms with van der Waals surface area (Å²) < 4.78 is 11.1. The number of ketones is 1. The molecule has 0 unspecified atom stereocenters. The van der Waals surface area contributed by atoms with Gasteiger partial charge in [-0.25, -0.2) is 4.98 Å². The van der Waals surface area contributed by atoms with E-state index in [1.54, 1.807) is 24.3 Å². The first-order valence-corrected chi connectivity index (χ1v) is 7.26. The van der Waals surface area contributed by atoms with Gasteiger partial charge in [0.1, 0.15) is 11.3 Å². The Balaban J connectivity index is 1.73. The first-order valence-electron chi connectivity index (χ1n) is 7.26. The van der Waals surface area contributed by atoms with E-state index in [-0.39, 0.29) is 18.3 Å². The minimum absolute atomic E-state index is 0.0253. The van der Waals surface area contributed by atoms with Gasteiger partial charge in [0.15, 0.2) is 11.4 Å². The molecular formula is C18H17NO3. The van der Waals surface area contributed by atoms with Gasteiger partial charge in [0.2, 0.25) is 5.89 Å². The highest BCUT2D eigenvalue weighted by molar-refractivity contribution is 5.97. The molecule has 0 aliphatic rings. The van der Waals surface area contributed by atoms with Gasteiger partial charge >= 0.3 is 0 Å². The van der Waals surface area contributed by atoms with Crippen LogP contribution in [0.1, 0.15) is 30.1 Å². The smallest absolute Gasteiger partial charge is 0.203 e. The second kappa shape index (κ2) is 6.02. The Bertz CT molecular complexity index is 754. The summed E-state index contributed by atoms with van der Waals surface area (Å²) in [6, 6.07) is 14.6. The second-order valence-electron chi connectivity index (χ2n) is 5.37. The third-order valence-corrected chi connectivity index (χ3v) is 3.20. The molecule has 0 atom stereocenters. The zero-order valence-corrected chi connectivity index (χ0v) is 12.6. The average Bonchev–Trinajstić information content (AvgIpc) is 2.89. The van der Waals surface area contributed by atoms with E-state index >= 15 is 0 Å². The van der Waals surface area contributed by atoms with Crippen molar-refractivity contribution in [1.29, 1.82) is 0 Å². The van der Waals surface area contributed by atoms with Crippen molar-refractivity contribution in [3.8, 4) is 5.75 Å². The highest BCUT2D eigenvalue weighted by Gasteiger charge is 2.12. The minimum Gasteiger partial charge on any atom is -0.491 e. The fraction of sp³-hybridized carbons (Fsp3) is 0.222. The van der Waals surface area contributed by atoms with E-state index < -0.39 is 0 Å². The van der Waals surface area contributed by atoms with E-state index in [2.05, 4.69) is 4.98 Å². The van der Waals surface area contributed by atoms with Crippen LogP contribution in [0.15, 0.2) is 52.9 Å². The molecular weight excluding hydrogens is 278 g/mol. The Kier molecular flexibility index (Phi) is 3.92. The molecule has 3 rings (SSSR count). The normalized spacial score (nSPS) is 11.0. The predicted octanol–water partition coefficient (Wildman–Crippen LogP) is 4.04. The van der Waals surface area contributed by atoms with Crippen LogP contribution in [0.25, 0.3) is 11.1 Å². The van der Waals surface area contributed by atoms with Crippen molar-refractivity contribution in [3.63, 3.8) is 0 Å². The molecule has 4 heteroatoms. The van der Waals surface area contributed by atoms with E-state index in [9.17, 15) is 4.79 Å². The lowest BCUT2D eigenvalue weighted by Crippen LogP contribution is -2.07. The third-order valence-electron chi connectivity index (χ3n) is 3.20. The van der Waals surface area contributed by atoms with Crippen LogP contribution in [0, 0.1) is 0 Å². The van der Waals surface area contributed by atoms with Gasteiger partial charge in [-0.15, -0.1) is 0 Å². The van der Waals surface area contributed by atoms with Gasteiger partial charge in [-0.05, 0) is 50.2 Å². The number of para-hydroxylation sites is 2. The van der Waals surface area contributed by atoms with Crippen LogP contribution in [-0.2, 0) is 6.42 Å². The Labute approximate surface area is 128 Å². The molecule has 0 radical (unpaired) electrons. The van der Waals surface area contributed by atoms with Gasteiger partial charge < -0.3 is 9.15 Å². The molecule has 112 valence electrons. The summed E-state index contributed by atoms with van der Waals surface area (Å²) >= 11 is 0. The Morgan fingerprint density at radius 2 is 1.86 bits per heavy atom. The number of oxazole rings is 1. The zero-order valence-electron chi connectivity index (χ0n) is 12.6. The maximum atomic E-state index is 12.3. The topological polar surface area (TPSA) is 52.3 Å². The monoisotopic (exact) mass is 295 g/mol. The van der Waals surface area contributed by atoms with E-state index in [1.807, 2.05) is 38.1 Å². The van der Waals surface area contributed by atoms with Crippen molar-refractivity contribution < 1.29 is 13.9 Å². The molecule has 0 bridgehead atoms. The second-order valence-corrected chi connectivity index (χ2v) is 5.37. The van der Waals surface area contributed by atoms with Crippen molar-refractivity contribution in [1.82, 2.24) is 4.98 Å². The number of carbonyl (C=O) groups excluding carboxylic acids is 1. The van der Waals surface area contributed by atoms with E-state index in [0.717, 1.165) is 11.3 Å². The highest BCUT2D eigenvalue weighted by atomic mass is 16.5. The minimum atomic E-state index is -0.0253. The summed E-state index contributed by atoms with van der Waals surface area (Å²) in [5.74, 6) is 1.17. The maximum absolute atomic E-state index is 12.3. The Hall–Kier alpha value is -2.62. The van der Waals surface area contributed by atoms with E-state index in [4.69, 9.17) is 9.15 Å². The largest absolute Gasteiger partial charge is 0.491 e. The molecule has 0 N–H and O–H groups in total. The molecule has 2 aromatic carbocycles. The molecule has 1 aromatic heterocycles. The number of rotatable bonds is 5. The van der Waals surface area contributed by atoms with Gasteiger partial charge in [0.25, 0.3) is 0 Å². The maximum Gasteiger partial charge on any atom is 0.203 e. The number of Topliss-reactive ketones (excluding diaryl/α,β-unsaturated/α-hetero) is 1. The lowest BCUT2D eigenvalue weighted by molar-refractivity contribution is 0.0986. The van der Waals surface area contributed by atoms with Gasteiger partial charge in [0.05, 0.1) is 12.5 Å². The van der Waals surface area contributed by atoms with Gasteiger partial charge in [-0.1, -0.05) is 12.1 Å². The standard InChI is InChI=1S/C18H17NO3/c1-12(2)21-14-9-7-13(8-10-14)16(20)11-18-19-15-5-3-4-6-17(15)22-18/h3-10,12H,11H2,1-2H3. The summed E-state index contributed by atoms with van der Waals surface area (Å²) in [7, 11) is 0. The van der Waals surface area contributed by atoms with Gasteiger partial charge in [-0.2, -0.15) is 0 Å². The fourth-order valence-corrected chi connectivity index (χ4v) is 2.23. The molecule has 22 heavy (non-hydrogen) atoms. The van der Waals surface area contributed by atoms with Crippen LogP contribution in [0.4, 0.5) is 0 Å². The van der Waals surface area contributed by atoms with Gasteiger partial charge in [0, 0.05) is 5.56 Å². The van der Waals surface area contributed by atoms with Crippen LogP contribution in [-0.4, -0.2) is 16.9 Å². The quantitative estimate of drug-likeness (QED) is 0.667. The van der Waals surface area contributed by atoms with Gasteiger partial charge in [-0.3, -0.25) is 4.79 Å². The number of hydrogen-bond acceptors (Lipinski definition) is 4. The van der Waals surface area contributed by atoms with Crippen molar-refractivity contribution in [3.05, 3.63) is 60.0 Å². The lowest BCUT2D eigenvalue weighted by atomic mass is 10.1. The number of hydrogen-bond donors (Lipinski definition) is 0. The van der Waals surface area contributed by atoms with Crippen LogP contribution in [0.3, 0.4) is 0 Å². The number of carbonyl (C=O) groups is 1. The lowest BCUT2D eigenvalue weighted by Gasteiger charge is -2.09. The van der Waals surface area contributed by atoms with Crippen LogP contribution in [0.2, 0.25) is 0 Å². The fourth-order valence-electron chi connectivity index (χ4n) is 2.23. The molecule has 0 fully saturated rings. The zero-order chi connectivity index (χ0) is 15.5. The third kappa shape index (κ3) is 3.17. The number of ether oxygens (including phenoxy) is 1. The molecule has 4 nitrogen and oxygen atoms in total. The Morgan fingerprint density at radius 1 is 1.14 bits per heavy atom. The summed E-state index contributed by atoms with van der Waals surface area (Å²) in [4.78, 5) is 16.6. The molecule has 0 spiro atoms. The van der Waals surface area contributed by atoms with Crippen molar-refractivity contribution in [2.45, 2.75) is 26.4 Å². The van der Waals surface area contributed by atoms with Crippen molar-refractivity contribution >= 4 is 16.9 Å². The summed E-state index contributed by atoms with van der Waals surface area (Å²) in [6.07, 6.45) is 0.264. The molecule has 0 amide bonds. The van der Waals surface area contributed by atoms with Crippen LogP contribution >= 0.6 is 0 Å². The molecule has 3 aromatic rings. The van der Waals surface area contributed by atoms with E-state index in [1.165, 1.54) is 0 Å². The number of nitrogens with zero attached hydrogens (tertiary/aromatic N) is 1. The SMILES string of the molecule is CC(C)Oc1ccc(C(=O)Cc2nc3ccccc3o2)cc1. The molecule has 0 saturated heterocycles. The number of benzene rings is 2. The Morgan fingerprint density at radius 3 is 2.55 bits per heavy atom. The number of aromatic nitrogens is 1. The first-order chi connectivity index (χ1) is 10.6. The van der Waals surface area contributed by atoms with Crippen LogP contribution < -0.4 is 4.74 Å². The van der Waals surface area contributed by atoms with E-state index in [0.29, 0.717) is 17.0 Å². The van der Waals surface area contributed by atoms with Crippen molar-refractivity contribution in [2.75, 3.05) is 0 Å². The molecule has 0 aliphatic heterocycles. The number of fused-ring (bicyclic) bond motifs is 1. The summed E-state index contributed by atoms with van der Waals surface area (Å²) in [5.41, 5.74) is 2.09. The highest BCUT2D eigenvalue weighted by Crippen LogP contribution is 2.18. The molecule has 0 saturated carbocycles. The molecule has 1 heterocycles. The van der Waals surface area contributed by atoms with Crippen molar-refractivity contribution in [2.24, 2.45) is 0 Å². The predicted molar refractivity (Wildman–Crippen MR) is 84.2 cm³/mol.